The van der Waals surface area contributed by atoms with Crippen molar-refractivity contribution in [1.29, 1.82) is 0 Å². The molecule has 3 aromatic carbocycles. The number of amides is 3. The average Bonchev–Trinajstić information content (AvgIpc) is 3.64. The third-order valence-corrected chi connectivity index (χ3v) is 8.83. The van der Waals surface area contributed by atoms with Crippen molar-refractivity contribution in [3.8, 4) is 0 Å². The van der Waals surface area contributed by atoms with Crippen LogP contribution in [0.15, 0.2) is 91.0 Å². The van der Waals surface area contributed by atoms with Crippen LogP contribution in [0.25, 0.3) is 0 Å². The summed E-state index contributed by atoms with van der Waals surface area (Å²) in [7, 11) is 3.24. The zero-order valence-corrected chi connectivity index (χ0v) is 24.8. The number of carbonyl (C=O) groups is 3. The second-order valence-corrected chi connectivity index (χ2v) is 11.7. The Bertz CT molecular complexity index is 1300. The Kier molecular flexibility index (Phi) is 8.36. The summed E-state index contributed by atoms with van der Waals surface area (Å²) in [6, 6.07) is 29.3. The fourth-order valence-electron chi connectivity index (χ4n) is 6.65. The summed E-state index contributed by atoms with van der Waals surface area (Å²) >= 11 is 0. The van der Waals surface area contributed by atoms with Crippen LogP contribution < -0.4 is 0 Å². The molecule has 0 aliphatic carbocycles. The van der Waals surface area contributed by atoms with Gasteiger partial charge in [-0.3, -0.25) is 9.69 Å². The van der Waals surface area contributed by atoms with Gasteiger partial charge in [-0.1, -0.05) is 105 Å². The molecule has 220 valence electrons. The van der Waals surface area contributed by atoms with Crippen molar-refractivity contribution >= 4 is 17.9 Å². The molecule has 0 radical (unpaired) electrons. The van der Waals surface area contributed by atoms with Crippen molar-refractivity contribution in [2.24, 2.45) is 5.92 Å². The summed E-state index contributed by atoms with van der Waals surface area (Å²) in [6.07, 6.45) is 0.648. The van der Waals surface area contributed by atoms with E-state index in [9.17, 15) is 19.5 Å². The Labute approximate surface area is 248 Å². The van der Waals surface area contributed by atoms with E-state index < -0.39 is 17.6 Å². The van der Waals surface area contributed by atoms with Gasteiger partial charge in [0.15, 0.2) is 0 Å². The van der Waals surface area contributed by atoms with Gasteiger partial charge in [-0.05, 0) is 29.0 Å². The number of hydrogen-bond acceptors (Lipinski definition) is 4. The first-order valence-corrected chi connectivity index (χ1v) is 14.6. The van der Waals surface area contributed by atoms with Crippen LogP contribution in [0.3, 0.4) is 0 Å². The number of benzene rings is 3. The first-order chi connectivity index (χ1) is 20.2. The van der Waals surface area contributed by atoms with Crippen LogP contribution in [-0.4, -0.2) is 94.5 Å². The van der Waals surface area contributed by atoms with E-state index >= 15 is 0 Å². The molecule has 42 heavy (non-hydrogen) atoms. The summed E-state index contributed by atoms with van der Waals surface area (Å²) in [5.74, 6) is -1.19. The third-order valence-electron chi connectivity index (χ3n) is 8.83. The van der Waals surface area contributed by atoms with Gasteiger partial charge in [0.1, 0.15) is 12.1 Å². The summed E-state index contributed by atoms with van der Waals surface area (Å²) in [5.41, 5.74) is 2.66. The minimum atomic E-state index is -1.02. The molecule has 2 fully saturated rings. The number of nitrogens with zero attached hydrogens (tertiary/aromatic N) is 4. The Morgan fingerprint density at radius 3 is 1.71 bits per heavy atom. The van der Waals surface area contributed by atoms with E-state index in [0.29, 0.717) is 26.1 Å². The summed E-state index contributed by atoms with van der Waals surface area (Å²) in [5, 5.41) is 9.66. The van der Waals surface area contributed by atoms with Crippen LogP contribution in [0.2, 0.25) is 0 Å². The van der Waals surface area contributed by atoms with E-state index in [2.05, 4.69) is 41.3 Å². The van der Waals surface area contributed by atoms with Gasteiger partial charge in [-0.15, -0.1) is 0 Å². The third kappa shape index (κ3) is 5.27. The van der Waals surface area contributed by atoms with Gasteiger partial charge in [-0.2, -0.15) is 0 Å². The molecule has 5 rings (SSSR count). The number of carboxylic acids is 1. The Hall–Kier alpha value is -4.17. The highest BCUT2D eigenvalue weighted by Crippen LogP contribution is 2.48. The standard InChI is InChI=1S/C34H40N4O4/c1-24(2)30(32(40)41)36(4)33(42)35(3)28-20-21-37(22-28)31(39)29-23-38(29)34(25-14-8-5-9-15-25,26-16-10-6-11-17-26)27-18-12-7-13-19-27/h5-19,24,28-30H,20-23H2,1-4H3,(H,40,41)/t28-,29?,30?,38?/m0/s1. The zero-order chi connectivity index (χ0) is 30.0. The fraction of sp³-hybridized carbons (Fsp3) is 0.382. The van der Waals surface area contributed by atoms with E-state index in [0.717, 1.165) is 16.7 Å². The van der Waals surface area contributed by atoms with Crippen LogP contribution in [0.5, 0.6) is 0 Å². The first kappa shape index (κ1) is 29.3. The topological polar surface area (TPSA) is 84.2 Å². The van der Waals surface area contributed by atoms with Gasteiger partial charge < -0.3 is 19.8 Å². The number of likely N-dealkylation sites (N-methyl/N-ethyl adjacent to an activating group) is 2. The van der Waals surface area contributed by atoms with Crippen LogP contribution in [0.1, 0.15) is 37.0 Å². The monoisotopic (exact) mass is 568 g/mol. The average molecular weight is 569 g/mol. The lowest BCUT2D eigenvalue weighted by Gasteiger charge is -2.38. The van der Waals surface area contributed by atoms with Crippen LogP contribution >= 0.6 is 0 Å². The number of aliphatic carboxylic acids is 1. The zero-order valence-electron chi connectivity index (χ0n) is 24.8. The van der Waals surface area contributed by atoms with Crippen molar-refractivity contribution in [3.63, 3.8) is 0 Å². The van der Waals surface area contributed by atoms with Crippen molar-refractivity contribution in [2.45, 2.75) is 43.9 Å². The molecule has 2 saturated heterocycles. The van der Waals surface area contributed by atoms with Crippen LogP contribution in [0.4, 0.5) is 4.79 Å². The number of rotatable bonds is 9. The number of carboxylic acid groups (broad SMARTS) is 1. The van der Waals surface area contributed by atoms with Crippen molar-refractivity contribution in [2.75, 3.05) is 33.7 Å². The van der Waals surface area contributed by atoms with Gasteiger partial charge in [0, 0.05) is 33.7 Å². The lowest BCUT2D eigenvalue weighted by Crippen LogP contribution is -2.53. The first-order valence-electron chi connectivity index (χ1n) is 14.6. The van der Waals surface area contributed by atoms with E-state index in [1.165, 1.54) is 11.9 Å². The predicted octanol–water partition coefficient (Wildman–Crippen LogP) is 4.36. The molecule has 8 heteroatoms. The van der Waals surface area contributed by atoms with E-state index in [1.807, 2.05) is 59.5 Å². The van der Waals surface area contributed by atoms with Crippen LogP contribution in [0, 0.1) is 5.92 Å². The minimum Gasteiger partial charge on any atom is -0.480 e. The minimum absolute atomic E-state index is 0.0597. The maximum absolute atomic E-state index is 14.0. The van der Waals surface area contributed by atoms with Crippen LogP contribution in [-0.2, 0) is 15.1 Å². The second-order valence-electron chi connectivity index (χ2n) is 11.7. The van der Waals surface area contributed by atoms with Gasteiger partial charge in [-0.25, -0.2) is 9.59 Å². The maximum atomic E-state index is 14.0. The van der Waals surface area contributed by atoms with Crippen molar-refractivity contribution in [3.05, 3.63) is 108 Å². The summed E-state index contributed by atoms with van der Waals surface area (Å²) < 4.78 is 0. The molecule has 3 aromatic rings. The Balaban J connectivity index is 1.38. The number of likely N-dealkylation sites (tertiary alicyclic amines) is 1. The molecular weight excluding hydrogens is 528 g/mol. The summed E-state index contributed by atoms with van der Waals surface area (Å²) in [4.78, 5) is 46.1. The van der Waals surface area contributed by atoms with E-state index in [1.54, 1.807) is 25.8 Å². The lowest BCUT2D eigenvalue weighted by atomic mass is 9.76. The van der Waals surface area contributed by atoms with Gasteiger partial charge in [0.2, 0.25) is 5.91 Å². The number of hydrogen-bond donors (Lipinski definition) is 1. The highest BCUT2D eigenvalue weighted by Gasteiger charge is 2.57. The number of carbonyl (C=O) groups excluding carboxylic acids is 2. The quantitative estimate of drug-likeness (QED) is 0.307. The Morgan fingerprint density at radius 2 is 1.29 bits per heavy atom. The van der Waals surface area contributed by atoms with E-state index in [4.69, 9.17) is 0 Å². The highest BCUT2D eigenvalue weighted by molar-refractivity contribution is 5.86. The van der Waals surface area contributed by atoms with E-state index in [-0.39, 0.29) is 29.9 Å². The molecule has 2 aliphatic rings. The molecule has 2 heterocycles. The van der Waals surface area contributed by atoms with Gasteiger partial charge in [0.25, 0.3) is 0 Å². The van der Waals surface area contributed by atoms with Gasteiger partial charge in [0.05, 0.1) is 11.6 Å². The maximum Gasteiger partial charge on any atom is 0.326 e. The second kappa shape index (κ2) is 12.0. The molecule has 1 N–H and O–H groups in total. The molecular formula is C34H40N4O4. The molecule has 0 spiro atoms. The molecule has 0 bridgehead atoms. The number of urea groups is 1. The van der Waals surface area contributed by atoms with Crippen molar-refractivity contribution < 1.29 is 19.5 Å². The predicted molar refractivity (Wildman–Crippen MR) is 162 cm³/mol. The fourth-order valence-corrected chi connectivity index (χ4v) is 6.65. The SMILES string of the molecule is CC(C)C(C(=O)O)N(C)C(=O)N(C)[C@H]1CCN(C(=O)C2CN2C(c2ccccc2)(c2ccccc2)c2ccccc2)C1. The highest BCUT2D eigenvalue weighted by atomic mass is 16.4. The summed E-state index contributed by atoms with van der Waals surface area (Å²) in [6.45, 7) is 5.18. The molecule has 3 amide bonds. The molecule has 4 atom stereocenters. The smallest absolute Gasteiger partial charge is 0.326 e. The molecule has 8 nitrogen and oxygen atoms in total. The normalized spacial score (nSPS) is 20.7. The largest absolute Gasteiger partial charge is 0.480 e. The van der Waals surface area contributed by atoms with Gasteiger partial charge >= 0.3 is 12.0 Å². The lowest BCUT2D eigenvalue weighted by molar-refractivity contribution is -0.143. The molecule has 2 aliphatic heterocycles. The molecule has 0 aromatic heterocycles. The van der Waals surface area contributed by atoms with Crippen molar-refractivity contribution in [1.82, 2.24) is 19.6 Å². The molecule has 3 unspecified atom stereocenters. The Morgan fingerprint density at radius 1 is 0.810 bits per heavy atom. The molecule has 0 saturated carbocycles.